The van der Waals surface area contributed by atoms with Crippen LogP contribution in [0.5, 0.6) is 0 Å². The van der Waals surface area contributed by atoms with Crippen molar-refractivity contribution in [1.82, 2.24) is 9.91 Å². The smallest absolute Gasteiger partial charge is 0.345 e. The van der Waals surface area contributed by atoms with Gasteiger partial charge in [0.2, 0.25) is 5.91 Å². The quantitative estimate of drug-likeness (QED) is 0.662. The van der Waals surface area contributed by atoms with Gasteiger partial charge in [0.1, 0.15) is 6.10 Å². The molecule has 160 valence electrons. The Labute approximate surface area is 168 Å². The van der Waals surface area contributed by atoms with Gasteiger partial charge in [-0.15, -0.1) is 0 Å². The molecule has 0 aromatic heterocycles. The highest BCUT2D eigenvalue weighted by Crippen LogP contribution is 2.34. The van der Waals surface area contributed by atoms with E-state index < -0.39 is 18.9 Å². The minimum absolute atomic E-state index is 0.0169. The van der Waals surface area contributed by atoms with E-state index in [-0.39, 0.29) is 29.8 Å². The highest BCUT2D eigenvalue weighted by molar-refractivity contribution is 6.12. The van der Waals surface area contributed by atoms with Crippen molar-refractivity contribution >= 4 is 24.0 Å². The van der Waals surface area contributed by atoms with Crippen LogP contribution in [-0.2, 0) is 14.3 Å². The Hall–Kier alpha value is -1.94. The van der Waals surface area contributed by atoms with Crippen LogP contribution in [-0.4, -0.2) is 91.7 Å². The molecular formula is C19H27F2N5O3. The molecule has 1 saturated heterocycles. The van der Waals surface area contributed by atoms with Gasteiger partial charge in [0.05, 0.1) is 31.1 Å². The minimum Gasteiger partial charge on any atom is -0.357 e. The first-order valence-corrected chi connectivity index (χ1v) is 10.2. The summed E-state index contributed by atoms with van der Waals surface area (Å²) < 4.78 is 35.4. The maximum Gasteiger partial charge on any atom is 0.345 e. The summed E-state index contributed by atoms with van der Waals surface area (Å²) in [7, 11) is 1.43. The second kappa shape index (κ2) is 8.43. The Morgan fingerprint density at radius 2 is 2.14 bits per heavy atom. The second-order valence-corrected chi connectivity index (χ2v) is 7.88. The number of carbonyl (C=O) groups is 1. The topological polar surface area (TPSA) is 79.1 Å². The van der Waals surface area contributed by atoms with Crippen molar-refractivity contribution in [3.05, 3.63) is 0 Å². The van der Waals surface area contributed by atoms with Gasteiger partial charge in [-0.05, 0) is 26.2 Å². The number of amides is 1. The van der Waals surface area contributed by atoms with Crippen LogP contribution in [0.4, 0.5) is 8.78 Å². The number of ether oxygens (including phenoxy) is 2. The molecule has 0 aliphatic carbocycles. The summed E-state index contributed by atoms with van der Waals surface area (Å²) in [4.78, 5) is 23.9. The first kappa shape index (κ1) is 20.3. The number of likely N-dealkylation sites (tertiary alicyclic amines) is 1. The molecular weight excluding hydrogens is 384 g/mol. The van der Waals surface area contributed by atoms with E-state index in [0.29, 0.717) is 19.5 Å². The molecule has 1 amide bonds. The predicted octanol–water partition coefficient (Wildman–Crippen LogP) is 1.41. The van der Waals surface area contributed by atoms with Crippen LogP contribution >= 0.6 is 0 Å². The van der Waals surface area contributed by atoms with E-state index in [2.05, 4.69) is 10.1 Å². The first-order valence-electron chi connectivity index (χ1n) is 10.2. The fourth-order valence-electron chi connectivity index (χ4n) is 4.66. The van der Waals surface area contributed by atoms with Crippen molar-refractivity contribution in [3.8, 4) is 0 Å². The summed E-state index contributed by atoms with van der Waals surface area (Å²) >= 11 is 0. The van der Waals surface area contributed by atoms with Gasteiger partial charge in [-0.3, -0.25) is 19.8 Å². The third-order valence-electron chi connectivity index (χ3n) is 6.22. The fourth-order valence-corrected chi connectivity index (χ4v) is 4.66. The standard InChI is InChI=1S/C19H27F2N5O3/c1-3-25-9-12(8-23-25)26-10-15-13(18(26)27)4-5-14(24-15)11-6-16(29-19(20)21)17(28-2)22-7-11/h7-8,11-14,16-17,19H,3-6,9-10H2,1-2H3. The molecule has 4 aliphatic rings. The van der Waals surface area contributed by atoms with Gasteiger partial charge in [0, 0.05) is 37.7 Å². The molecule has 10 heteroatoms. The number of alkyl halides is 2. The van der Waals surface area contributed by atoms with E-state index in [0.717, 1.165) is 25.1 Å². The fraction of sp³-hybridized carbons (Fsp3) is 0.789. The molecule has 0 bridgehead atoms. The van der Waals surface area contributed by atoms with Gasteiger partial charge in [-0.25, -0.2) is 0 Å². The third kappa shape index (κ3) is 4.05. The second-order valence-electron chi connectivity index (χ2n) is 7.88. The number of aliphatic imine (C=N–C) groups is 2. The molecule has 1 fully saturated rings. The van der Waals surface area contributed by atoms with Crippen molar-refractivity contribution in [3.63, 3.8) is 0 Å². The van der Waals surface area contributed by atoms with Crippen LogP contribution in [0.15, 0.2) is 15.1 Å². The molecule has 8 nitrogen and oxygen atoms in total. The van der Waals surface area contributed by atoms with Gasteiger partial charge in [-0.1, -0.05) is 0 Å². The van der Waals surface area contributed by atoms with Crippen LogP contribution < -0.4 is 0 Å². The Bertz CT molecular complexity index is 716. The summed E-state index contributed by atoms with van der Waals surface area (Å²) in [6, 6.07) is -0.0968. The zero-order valence-electron chi connectivity index (χ0n) is 16.7. The van der Waals surface area contributed by atoms with Gasteiger partial charge >= 0.3 is 6.61 Å². The van der Waals surface area contributed by atoms with Crippen LogP contribution in [0.25, 0.3) is 0 Å². The van der Waals surface area contributed by atoms with Gasteiger partial charge < -0.3 is 14.4 Å². The van der Waals surface area contributed by atoms with E-state index >= 15 is 0 Å². The van der Waals surface area contributed by atoms with E-state index in [1.54, 1.807) is 6.21 Å². The maximum absolute atomic E-state index is 12.9. The molecule has 6 unspecified atom stereocenters. The van der Waals surface area contributed by atoms with Crippen LogP contribution in [0.1, 0.15) is 26.2 Å². The largest absolute Gasteiger partial charge is 0.357 e. The number of methoxy groups -OCH3 is 1. The molecule has 0 N–H and O–H groups in total. The molecule has 0 aromatic carbocycles. The summed E-state index contributed by atoms with van der Waals surface area (Å²) in [5.74, 6) is -0.158. The van der Waals surface area contributed by atoms with Crippen LogP contribution in [0.3, 0.4) is 0 Å². The molecule has 29 heavy (non-hydrogen) atoms. The van der Waals surface area contributed by atoms with Crippen LogP contribution in [0.2, 0.25) is 0 Å². The van der Waals surface area contributed by atoms with Gasteiger partial charge in [0.15, 0.2) is 6.23 Å². The number of hydrogen-bond acceptors (Lipinski definition) is 7. The highest BCUT2D eigenvalue weighted by Gasteiger charge is 2.45. The lowest BCUT2D eigenvalue weighted by atomic mass is 9.84. The van der Waals surface area contributed by atoms with Gasteiger partial charge in [-0.2, -0.15) is 13.9 Å². The maximum atomic E-state index is 12.9. The lowest BCUT2D eigenvalue weighted by Crippen LogP contribution is -2.41. The van der Waals surface area contributed by atoms with E-state index in [4.69, 9.17) is 14.5 Å². The Morgan fingerprint density at radius 1 is 1.31 bits per heavy atom. The molecule has 0 saturated carbocycles. The number of rotatable bonds is 6. The normalized spacial score (nSPS) is 36.9. The number of halogens is 2. The minimum atomic E-state index is -2.87. The lowest BCUT2D eigenvalue weighted by molar-refractivity contribution is -0.195. The first-order chi connectivity index (χ1) is 14.0. The molecule has 4 heterocycles. The zero-order chi connectivity index (χ0) is 20.5. The molecule has 0 aromatic rings. The van der Waals surface area contributed by atoms with Crippen molar-refractivity contribution in [1.29, 1.82) is 0 Å². The monoisotopic (exact) mass is 411 g/mol. The Morgan fingerprint density at radius 3 is 2.83 bits per heavy atom. The van der Waals surface area contributed by atoms with Crippen molar-refractivity contribution in [2.45, 2.75) is 57.2 Å². The van der Waals surface area contributed by atoms with Crippen molar-refractivity contribution in [2.75, 3.05) is 26.7 Å². The Kier molecular flexibility index (Phi) is 5.91. The van der Waals surface area contributed by atoms with Crippen LogP contribution in [0, 0.1) is 11.8 Å². The average Bonchev–Trinajstić information content (AvgIpc) is 3.31. The van der Waals surface area contributed by atoms with E-state index in [1.807, 2.05) is 23.0 Å². The lowest BCUT2D eigenvalue weighted by Gasteiger charge is -2.34. The van der Waals surface area contributed by atoms with Crippen molar-refractivity contribution < 1.29 is 23.0 Å². The zero-order valence-corrected chi connectivity index (χ0v) is 16.7. The van der Waals surface area contributed by atoms with E-state index in [9.17, 15) is 13.6 Å². The highest BCUT2D eigenvalue weighted by atomic mass is 19.3. The van der Waals surface area contributed by atoms with Crippen molar-refractivity contribution in [2.24, 2.45) is 26.9 Å². The summed E-state index contributed by atoms with van der Waals surface area (Å²) in [5, 5.41) is 6.28. The summed E-state index contributed by atoms with van der Waals surface area (Å²) in [6.45, 7) is 1.20. The Balaban J connectivity index is 1.45. The number of fused-ring (bicyclic) bond motifs is 1. The molecule has 4 aliphatic heterocycles. The molecule has 6 atom stereocenters. The van der Waals surface area contributed by atoms with Gasteiger partial charge in [0.25, 0.3) is 0 Å². The molecule has 0 spiro atoms. The number of nitrogens with zero attached hydrogens (tertiary/aromatic N) is 5. The van der Waals surface area contributed by atoms with E-state index in [1.165, 1.54) is 7.11 Å². The average molecular weight is 411 g/mol. The number of hydrazone groups is 1. The number of likely N-dealkylation sites (N-methyl/N-ethyl adjacent to an activating group) is 1. The number of carbonyl (C=O) groups excluding carboxylic acids is 1. The summed E-state index contributed by atoms with van der Waals surface area (Å²) in [5.41, 5.74) is 0.892. The third-order valence-corrected chi connectivity index (χ3v) is 6.22. The summed E-state index contributed by atoms with van der Waals surface area (Å²) in [6.07, 6.45) is 3.88. The predicted molar refractivity (Wildman–Crippen MR) is 103 cm³/mol. The molecule has 0 radical (unpaired) electrons. The number of hydrogen-bond donors (Lipinski definition) is 0. The SMILES string of the molecule is CCN1CC(N2CC3=NC(C4C=NC(OC)C(OC(F)F)C4)CCC3C2=O)C=N1. The molecule has 4 rings (SSSR count).